The van der Waals surface area contributed by atoms with Crippen molar-refractivity contribution in [2.24, 2.45) is 0 Å². The predicted octanol–water partition coefficient (Wildman–Crippen LogP) is 2.99. The third-order valence-electron chi connectivity index (χ3n) is 2.41. The Hall–Kier alpha value is -1.03. The quantitative estimate of drug-likeness (QED) is 0.924. The summed E-state index contributed by atoms with van der Waals surface area (Å²) < 4.78 is 5.86. The van der Waals surface area contributed by atoms with Gasteiger partial charge in [0, 0.05) is 10.5 Å². The molecule has 0 aliphatic carbocycles. The van der Waals surface area contributed by atoms with Crippen LogP contribution >= 0.6 is 15.9 Å². The summed E-state index contributed by atoms with van der Waals surface area (Å²) in [7, 11) is 1.58. The number of methoxy groups -OCH3 is 1. The monoisotopic (exact) mass is 285 g/mol. The zero-order chi connectivity index (χ0) is 12.1. The van der Waals surface area contributed by atoms with Gasteiger partial charge in [0.25, 0.3) is 5.91 Å². The maximum Gasteiger partial charge on any atom is 0.252 e. The van der Waals surface area contributed by atoms with Crippen molar-refractivity contribution in [2.45, 2.75) is 26.3 Å². The molecule has 0 radical (unpaired) electrons. The van der Waals surface area contributed by atoms with E-state index in [1.165, 1.54) is 0 Å². The molecular formula is C12H16BrNO2. The van der Waals surface area contributed by atoms with Crippen LogP contribution in [0, 0.1) is 0 Å². The Kier molecular flexibility index (Phi) is 4.80. The van der Waals surface area contributed by atoms with Gasteiger partial charge in [0.2, 0.25) is 0 Å². The number of ether oxygens (including phenoxy) is 1. The second-order valence-electron chi connectivity index (χ2n) is 3.63. The Labute approximate surface area is 104 Å². The highest BCUT2D eigenvalue weighted by molar-refractivity contribution is 9.10. The second kappa shape index (κ2) is 5.89. The van der Waals surface area contributed by atoms with E-state index in [9.17, 15) is 4.79 Å². The van der Waals surface area contributed by atoms with Crippen LogP contribution in [0.25, 0.3) is 0 Å². The zero-order valence-electron chi connectivity index (χ0n) is 9.71. The van der Waals surface area contributed by atoms with Gasteiger partial charge in [-0.15, -0.1) is 0 Å². The predicted molar refractivity (Wildman–Crippen MR) is 67.9 cm³/mol. The highest BCUT2D eigenvalue weighted by atomic mass is 79.9. The first kappa shape index (κ1) is 13.0. The van der Waals surface area contributed by atoms with E-state index < -0.39 is 0 Å². The lowest BCUT2D eigenvalue weighted by Gasteiger charge is -2.13. The topological polar surface area (TPSA) is 38.3 Å². The van der Waals surface area contributed by atoms with Crippen LogP contribution < -0.4 is 10.1 Å². The zero-order valence-corrected chi connectivity index (χ0v) is 11.3. The molecule has 4 heteroatoms. The van der Waals surface area contributed by atoms with Crippen LogP contribution in [0.1, 0.15) is 30.6 Å². The molecule has 1 N–H and O–H groups in total. The number of carbonyl (C=O) groups is 1. The highest BCUT2D eigenvalue weighted by Gasteiger charge is 2.12. The maximum absolute atomic E-state index is 11.9. The number of halogens is 1. The first-order valence-corrected chi connectivity index (χ1v) is 6.02. The van der Waals surface area contributed by atoms with Crippen molar-refractivity contribution in [1.82, 2.24) is 5.32 Å². The molecule has 88 valence electrons. The summed E-state index contributed by atoms with van der Waals surface area (Å²) in [5, 5.41) is 2.91. The Balaban J connectivity index is 2.89. The summed E-state index contributed by atoms with van der Waals surface area (Å²) in [6, 6.07) is 5.52. The molecule has 0 aliphatic rings. The van der Waals surface area contributed by atoms with Crippen LogP contribution in [-0.4, -0.2) is 19.1 Å². The molecule has 0 bridgehead atoms. The van der Waals surface area contributed by atoms with E-state index in [2.05, 4.69) is 21.2 Å². The molecule has 0 fully saturated rings. The number of hydrogen-bond donors (Lipinski definition) is 1. The molecular weight excluding hydrogens is 270 g/mol. The van der Waals surface area contributed by atoms with Crippen molar-refractivity contribution in [3.63, 3.8) is 0 Å². The summed E-state index contributed by atoms with van der Waals surface area (Å²) >= 11 is 3.36. The first-order chi connectivity index (χ1) is 7.58. The standard InChI is InChI=1S/C12H16BrNO2/c1-4-8(2)14-12(15)10-7-9(16-3)5-6-11(10)13/h5-8H,4H2,1-3H3,(H,14,15)/t8-/m0/s1. The molecule has 16 heavy (non-hydrogen) atoms. The molecule has 0 saturated carbocycles. The van der Waals surface area contributed by atoms with Gasteiger partial charge in [-0.1, -0.05) is 6.92 Å². The first-order valence-electron chi connectivity index (χ1n) is 5.22. The summed E-state index contributed by atoms with van der Waals surface area (Å²) in [5.74, 6) is 0.595. The van der Waals surface area contributed by atoms with Crippen molar-refractivity contribution in [1.29, 1.82) is 0 Å². The molecule has 1 aromatic rings. The van der Waals surface area contributed by atoms with Crippen LogP contribution in [0.4, 0.5) is 0 Å². The minimum absolute atomic E-state index is 0.0832. The maximum atomic E-state index is 11.9. The van der Waals surface area contributed by atoms with Crippen LogP contribution in [0.2, 0.25) is 0 Å². The largest absolute Gasteiger partial charge is 0.497 e. The third-order valence-corrected chi connectivity index (χ3v) is 3.10. The average molecular weight is 286 g/mol. The smallest absolute Gasteiger partial charge is 0.252 e. The Bertz CT molecular complexity index is 379. The molecule has 1 rings (SSSR count). The molecule has 1 aromatic carbocycles. The van der Waals surface area contributed by atoms with Gasteiger partial charge < -0.3 is 10.1 Å². The number of rotatable bonds is 4. The van der Waals surface area contributed by atoms with E-state index in [1.54, 1.807) is 13.2 Å². The van der Waals surface area contributed by atoms with E-state index in [-0.39, 0.29) is 11.9 Å². The van der Waals surface area contributed by atoms with E-state index >= 15 is 0 Å². The second-order valence-corrected chi connectivity index (χ2v) is 4.48. The average Bonchev–Trinajstić information content (AvgIpc) is 2.29. The molecule has 0 aliphatic heterocycles. The number of benzene rings is 1. The van der Waals surface area contributed by atoms with Gasteiger partial charge in [0.05, 0.1) is 12.7 Å². The van der Waals surface area contributed by atoms with Gasteiger partial charge in [0.15, 0.2) is 0 Å². The molecule has 0 unspecified atom stereocenters. The fraction of sp³-hybridized carbons (Fsp3) is 0.417. The van der Waals surface area contributed by atoms with Crippen molar-refractivity contribution in [3.05, 3.63) is 28.2 Å². The van der Waals surface area contributed by atoms with Crippen molar-refractivity contribution >= 4 is 21.8 Å². The fourth-order valence-corrected chi connectivity index (χ4v) is 1.64. The van der Waals surface area contributed by atoms with Crippen LogP contribution in [-0.2, 0) is 0 Å². The molecule has 0 heterocycles. The summed E-state index contributed by atoms with van der Waals surface area (Å²) in [5.41, 5.74) is 0.597. The lowest BCUT2D eigenvalue weighted by atomic mass is 10.1. The third kappa shape index (κ3) is 3.23. The van der Waals surface area contributed by atoms with Gasteiger partial charge in [0.1, 0.15) is 5.75 Å². The highest BCUT2D eigenvalue weighted by Crippen LogP contribution is 2.22. The number of nitrogens with one attached hydrogen (secondary N) is 1. The van der Waals surface area contributed by atoms with E-state index in [0.717, 1.165) is 10.9 Å². The number of amides is 1. The lowest BCUT2D eigenvalue weighted by Crippen LogP contribution is -2.32. The van der Waals surface area contributed by atoms with Crippen molar-refractivity contribution < 1.29 is 9.53 Å². The van der Waals surface area contributed by atoms with E-state index in [4.69, 9.17) is 4.74 Å². The Morgan fingerprint density at radius 2 is 2.25 bits per heavy atom. The van der Waals surface area contributed by atoms with Gasteiger partial charge in [-0.3, -0.25) is 4.79 Å². The number of hydrogen-bond acceptors (Lipinski definition) is 2. The molecule has 1 amide bonds. The SMILES string of the molecule is CC[C@H](C)NC(=O)c1cc(OC)ccc1Br. The minimum Gasteiger partial charge on any atom is -0.497 e. The minimum atomic E-state index is -0.0832. The van der Waals surface area contributed by atoms with Crippen LogP contribution in [0.5, 0.6) is 5.75 Å². The van der Waals surface area contributed by atoms with E-state index in [0.29, 0.717) is 11.3 Å². The molecule has 0 aromatic heterocycles. The van der Waals surface area contributed by atoms with Crippen LogP contribution in [0.15, 0.2) is 22.7 Å². The van der Waals surface area contributed by atoms with Crippen molar-refractivity contribution in [3.8, 4) is 5.75 Å². The Morgan fingerprint density at radius 3 is 2.81 bits per heavy atom. The van der Waals surface area contributed by atoms with Crippen LogP contribution in [0.3, 0.4) is 0 Å². The molecule has 0 saturated heterocycles. The lowest BCUT2D eigenvalue weighted by molar-refractivity contribution is 0.0938. The van der Waals surface area contributed by atoms with Crippen molar-refractivity contribution in [2.75, 3.05) is 7.11 Å². The van der Waals surface area contributed by atoms with Gasteiger partial charge >= 0.3 is 0 Å². The fourth-order valence-electron chi connectivity index (χ4n) is 1.21. The molecule has 1 atom stereocenters. The van der Waals surface area contributed by atoms with Gasteiger partial charge in [-0.2, -0.15) is 0 Å². The summed E-state index contributed by atoms with van der Waals surface area (Å²) in [6.45, 7) is 4.01. The Morgan fingerprint density at radius 1 is 1.56 bits per heavy atom. The normalized spacial score (nSPS) is 12.0. The number of carbonyl (C=O) groups excluding carboxylic acids is 1. The van der Waals surface area contributed by atoms with E-state index in [1.807, 2.05) is 26.0 Å². The van der Waals surface area contributed by atoms with Gasteiger partial charge in [-0.05, 0) is 47.5 Å². The molecule has 3 nitrogen and oxygen atoms in total. The summed E-state index contributed by atoms with van der Waals surface area (Å²) in [6.07, 6.45) is 0.910. The summed E-state index contributed by atoms with van der Waals surface area (Å²) in [4.78, 5) is 11.9. The van der Waals surface area contributed by atoms with Gasteiger partial charge in [-0.25, -0.2) is 0 Å². The molecule has 0 spiro atoms.